The second-order valence-electron chi connectivity index (χ2n) is 5.75. The number of piperazine rings is 1. The van der Waals surface area contributed by atoms with Crippen LogP contribution in [0.15, 0.2) is 11.8 Å². The van der Waals surface area contributed by atoms with Gasteiger partial charge in [-0.25, -0.2) is 0 Å². The fourth-order valence-electron chi connectivity index (χ4n) is 2.18. The Morgan fingerprint density at radius 3 is 2.17 bits per heavy atom. The van der Waals surface area contributed by atoms with Gasteiger partial charge >= 0.3 is 0 Å². The molecule has 1 atom stereocenters. The largest absolute Gasteiger partial charge is 0.328 e. The number of carbonyl (C=O) groups is 2. The molecular formula is C14H24N2O2. The summed E-state index contributed by atoms with van der Waals surface area (Å²) in [5.74, 6) is 0.585. The Bertz CT molecular complexity index is 372. The van der Waals surface area contributed by atoms with Crippen molar-refractivity contribution in [2.75, 3.05) is 14.1 Å². The van der Waals surface area contributed by atoms with Crippen molar-refractivity contribution < 1.29 is 9.59 Å². The standard InChI is InChI=1S/C14H24N2O2/c1-9(2)7-11-13(17)16(6)12(8-10(3)4)14(18)15(11)5/h7,9-10,12H,8H2,1-6H3/b11-7-. The van der Waals surface area contributed by atoms with Crippen LogP contribution in [0, 0.1) is 11.8 Å². The van der Waals surface area contributed by atoms with Gasteiger partial charge in [0.25, 0.3) is 5.91 Å². The van der Waals surface area contributed by atoms with Crippen LogP contribution >= 0.6 is 0 Å². The number of amides is 2. The molecule has 0 spiro atoms. The molecule has 0 aromatic heterocycles. The maximum Gasteiger partial charge on any atom is 0.270 e. The number of carbonyl (C=O) groups excluding carboxylic acids is 2. The Hall–Kier alpha value is -1.32. The highest BCUT2D eigenvalue weighted by molar-refractivity contribution is 6.04. The van der Waals surface area contributed by atoms with E-state index in [9.17, 15) is 9.59 Å². The van der Waals surface area contributed by atoms with Crippen LogP contribution in [0.5, 0.6) is 0 Å². The van der Waals surface area contributed by atoms with Crippen LogP contribution < -0.4 is 0 Å². The van der Waals surface area contributed by atoms with E-state index in [1.807, 2.05) is 19.9 Å². The maximum absolute atomic E-state index is 12.3. The third kappa shape index (κ3) is 2.92. The molecule has 1 saturated heterocycles. The second kappa shape index (κ2) is 5.55. The summed E-state index contributed by atoms with van der Waals surface area (Å²) >= 11 is 0. The van der Waals surface area contributed by atoms with Crippen LogP contribution in [0.25, 0.3) is 0 Å². The molecule has 102 valence electrons. The van der Waals surface area contributed by atoms with Gasteiger partial charge in [0.05, 0.1) is 0 Å². The Kier molecular flexibility index (Phi) is 4.54. The zero-order chi connectivity index (χ0) is 14.0. The van der Waals surface area contributed by atoms with E-state index in [0.717, 1.165) is 0 Å². The van der Waals surface area contributed by atoms with Crippen molar-refractivity contribution in [2.24, 2.45) is 11.8 Å². The van der Waals surface area contributed by atoms with Crippen LogP contribution in [0.1, 0.15) is 34.1 Å². The van der Waals surface area contributed by atoms with Crippen LogP contribution in [-0.2, 0) is 9.59 Å². The molecule has 4 heteroatoms. The maximum atomic E-state index is 12.3. The molecule has 1 aliphatic heterocycles. The molecule has 2 amide bonds. The predicted molar refractivity (Wildman–Crippen MR) is 71.7 cm³/mol. The molecule has 18 heavy (non-hydrogen) atoms. The lowest BCUT2D eigenvalue weighted by Crippen LogP contribution is -2.56. The normalized spacial score (nSPS) is 23.8. The van der Waals surface area contributed by atoms with Gasteiger partial charge in [0.2, 0.25) is 5.91 Å². The zero-order valence-electron chi connectivity index (χ0n) is 12.2. The van der Waals surface area contributed by atoms with Gasteiger partial charge in [0.15, 0.2) is 0 Å². The van der Waals surface area contributed by atoms with E-state index in [1.165, 1.54) is 4.90 Å². The van der Waals surface area contributed by atoms with Gasteiger partial charge in [-0.15, -0.1) is 0 Å². The molecule has 0 radical (unpaired) electrons. The summed E-state index contributed by atoms with van der Waals surface area (Å²) in [6.07, 6.45) is 2.56. The Labute approximate surface area is 110 Å². The summed E-state index contributed by atoms with van der Waals surface area (Å²) in [5, 5.41) is 0. The lowest BCUT2D eigenvalue weighted by atomic mass is 9.98. The highest BCUT2D eigenvalue weighted by Crippen LogP contribution is 2.23. The summed E-state index contributed by atoms with van der Waals surface area (Å²) in [5.41, 5.74) is 0.498. The highest BCUT2D eigenvalue weighted by atomic mass is 16.2. The Balaban J connectivity index is 3.03. The van der Waals surface area contributed by atoms with E-state index >= 15 is 0 Å². The molecule has 0 bridgehead atoms. The van der Waals surface area contributed by atoms with Crippen molar-refractivity contribution in [3.63, 3.8) is 0 Å². The van der Waals surface area contributed by atoms with Crippen molar-refractivity contribution in [3.8, 4) is 0 Å². The molecule has 1 fully saturated rings. The first-order valence-electron chi connectivity index (χ1n) is 6.52. The van der Waals surface area contributed by atoms with Gasteiger partial charge in [-0.3, -0.25) is 9.59 Å². The van der Waals surface area contributed by atoms with Gasteiger partial charge < -0.3 is 9.80 Å². The molecule has 0 aliphatic carbocycles. The van der Waals surface area contributed by atoms with Gasteiger partial charge in [0, 0.05) is 14.1 Å². The SMILES string of the molecule is CC(C)/C=C1/C(=O)N(C)C(CC(C)C)C(=O)N1C. The molecule has 1 rings (SSSR count). The third-order valence-corrected chi connectivity index (χ3v) is 3.17. The quantitative estimate of drug-likeness (QED) is 0.719. The third-order valence-electron chi connectivity index (χ3n) is 3.17. The zero-order valence-corrected chi connectivity index (χ0v) is 12.2. The van der Waals surface area contributed by atoms with E-state index < -0.39 is 0 Å². The number of likely N-dealkylation sites (N-methyl/N-ethyl adjacent to an activating group) is 2. The monoisotopic (exact) mass is 252 g/mol. The van der Waals surface area contributed by atoms with E-state index in [1.54, 1.807) is 19.0 Å². The molecule has 0 saturated carbocycles. The van der Waals surface area contributed by atoms with Crippen molar-refractivity contribution in [1.82, 2.24) is 9.80 Å². The molecule has 0 aromatic rings. The Morgan fingerprint density at radius 1 is 1.17 bits per heavy atom. The number of rotatable bonds is 3. The minimum absolute atomic E-state index is 0.0118. The smallest absolute Gasteiger partial charge is 0.270 e. The number of hydrogen-bond acceptors (Lipinski definition) is 2. The predicted octanol–water partition coefficient (Wildman–Crippen LogP) is 1.87. The summed E-state index contributed by atoms with van der Waals surface area (Å²) in [6, 6.07) is -0.327. The van der Waals surface area contributed by atoms with E-state index in [0.29, 0.717) is 18.0 Å². The van der Waals surface area contributed by atoms with Gasteiger partial charge in [-0.05, 0) is 18.3 Å². The fraction of sp³-hybridized carbons (Fsp3) is 0.714. The molecule has 0 aromatic carbocycles. The molecule has 1 heterocycles. The second-order valence-corrected chi connectivity index (χ2v) is 5.75. The molecule has 4 nitrogen and oxygen atoms in total. The van der Waals surface area contributed by atoms with Crippen LogP contribution in [0.3, 0.4) is 0 Å². The Morgan fingerprint density at radius 2 is 1.72 bits per heavy atom. The van der Waals surface area contributed by atoms with Crippen molar-refractivity contribution >= 4 is 11.8 Å². The van der Waals surface area contributed by atoms with Gasteiger partial charge in [0.1, 0.15) is 11.7 Å². The fourth-order valence-corrected chi connectivity index (χ4v) is 2.18. The van der Waals surface area contributed by atoms with Gasteiger partial charge in [-0.1, -0.05) is 33.8 Å². The van der Waals surface area contributed by atoms with Crippen LogP contribution in [0.4, 0.5) is 0 Å². The van der Waals surface area contributed by atoms with Crippen LogP contribution in [-0.4, -0.2) is 41.8 Å². The van der Waals surface area contributed by atoms with E-state index in [4.69, 9.17) is 0 Å². The van der Waals surface area contributed by atoms with E-state index in [-0.39, 0.29) is 23.8 Å². The molecule has 0 N–H and O–H groups in total. The molecule has 1 unspecified atom stereocenters. The first-order valence-corrected chi connectivity index (χ1v) is 6.52. The average molecular weight is 252 g/mol. The van der Waals surface area contributed by atoms with Crippen molar-refractivity contribution in [1.29, 1.82) is 0 Å². The average Bonchev–Trinajstić information content (AvgIpc) is 2.27. The van der Waals surface area contributed by atoms with E-state index in [2.05, 4.69) is 13.8 Å². The summed E-state index contributed by atoms with van der Waals surface area (Å²) in [4.78, 5) is 27.7. The summed E-state index contributed by atoms with van der Waals surface area (Å²) < 4.78 is 0. The first-order chi connectivity index (χ1) is 8.25. The van der Waals surface area contributed by atoms with Crippen molar-refractivity contribution in [3.05, 3.63) is 11.8 Å². The number of nitrogens with zero attached hydrogens (tertiary/aromatic N) is 2. The first kappa shape index (κ1) is 14.7. The lowest BCUT2D eigenvalue weighted by molar-refractivity contribution is -0.149. The number of allylic oxidation sites excluding steroid dienone is 1. The van der Waals surface area contributed by atoms with Crippen molar-refractivity contribution in [2.45, 2.75) is 40.2 Å². The van der Waals surface area contributed by atoms with Crippen LogP contribution in [0.2, 0.25) is 0 Å². The lowest BCUT2D eigenvalue weighted by Gasteiger charge is -2.39. The minimum atomic E-state index is -0.327. The topological polar surface area (TPSA) is 40.6 Å². The summed E-state index contributed by atoms with van der Waals surface area (Å²) in [6.45, 7) is 8.12. The molecular weight excluding hydrogens is 228 g/mol. The highest BCUT2D eigenvalue weighted by Gasteiger charge is 2.39. The minimum Gasteiger partial charge on any atom is -0.328 e. The molecule has 1 aliphatic rings. The summed E-state index contributed by atoms with van der Waals surface area (Å²) in [7, 11) is 3.41. The number of hydrogen-bond donors (Lipinski definition) is 0. The van der Waals surface area contributed by atoms with Gasteiger partial charge in [-0.2, -0.15) is 0 Å².